The molecule has 4 rings (SSSR count). The van der Waals surface area contributed by atoms with E-state index < -0.39 is 0 Å². The summed E-state index contributed by atoms with van der Waals surface area (Å²) in [5.41, 5.74) is 2.60. The highest BCUT2D eigenvalue weighted by Gasteiger charge is 2.28. The van der Waals surface area contributed by atoms with Gasteiger partial charge in [0.25, 0.3) is 0 Å². The van der Waals surface area contributed by atoms with E-state index in [0.717, 1.165) is 11.3 Å². The Labute approximate surface area is 191 Å². The number of carbonyl (C=O) groups excluding carboxylic acids is 2. The number of nitrogens with zero attached hydrogens (tertiary/aromatic N) is 3. The maximum Gasteiger partial charge on any atom is 0.222 e. The van der Waals surface area contributed by atoms with E-state index in [-0.39, 0.29) is 17.6 Å². The first-order valence-corrected chi connectivity index (χ1v) is 11.1. The van der Waals surface area contributed by atoms with Gasteiger partial charge in [0.05, 0.1) is 21.9 Å². The Morgan fingerprint density at radius 2 is 1.74 bits per heavy atom. The van der Waals surface area contributed by atoms with Crippen LogP contribution in [0.3, 0.4) is 0 Å². The lowest BCUT2D eigenvalue weighted by molar-refractivity contribution is -0.132. The summed E-state index contributed by atoms with van der Waals surface area (Å²) in [5, 5.41) is 5.21. The first-order chi connectivity index (χ1) is 15.0. The molecule has 0 saturated carbocycles. The van der Waals surface area contributed by atoms with Crippen LogP contribution in [0.2, 0.25) is 10.0 Å². The summed E-state index contributed by atoms with van der Waals surface area (Å²) in [4.78, 5) is 27.3. The number of aromatic nitrogens is 2. The van der Waals surface area contributed by atoms with Gasteiger partial charge in [-0.05, 0) is 55.2 Å². The SMILES string of the molecule is O=C(c1ccc(Cl)c(Cl)c1)C1CCN(C(=O)CCc2cnn(-c3ccccc3)c2)CC1. The van der Waals surface area contributed by atoms with Crippen molar-refractivity contribution in [3.05, 3.63) is 82.1 Å². The van der Waals surface area contributed by atoms with E-state index in [2.05, 4.69) is 5.10 Å². The minimum Gasteiger partial charge on any atom is -0.343 e. The normalized spacial score (nSPS) is 14.6. The molecular weight excluding hydrogens is 433 g/mol. The Kier molecular flexibility index (Phi) is 6.73. The van der Waals surface area contributed by atoms with Crippen LogP contribution in [-0.2, 0) is 11.2 Å². The first kappa shape index (κ1) is 21.6. The largest absolute Gasteiger partial charge is 0.343 e. The molecule has 31 heavy (non-hydrogen) atoms. The summed E-state index contributed by atoms with van der Waals surface area (Å²) in [6.07, 6.45) is 6.18. The fourth-order valence-corrected chi connectivity index (χ4v) is 4.19. The Morgan fingerprint density at radius 3 is 2.45 bits per heavy atom. The Morgan fingerprint density at radius 1 is 1.00 bits per heavy atom. The molecule has 7 heteroatoms. The van der Waals surface area contributed by atoms with Crippen LogP contribution in [0.15, 0.2) is 60.9 Å². The molecule has 0 spiro atoms. The molecular formula is C24H23Cl2N3O2. The standard InChI is InChI=1S/C24H23Cl2N3O2/c25-21-8-7-19(14-22(21)26)24(31)18-10-12-28(13-11-18)23(30)9-6-17-15-27-29(16-17)20-4-2-1-3-5-20/h1-5,7-8,14-16,18H,6,9-13H2. The highest BCUT2D eigenvalue weighted by Crippen LogP contribution is 2.27. The zero-order valence-electron chi connectivity index (χ0n) is 17.0. The molecule has 0 aliphatic carbocycles. The lowest BCUT2D eigenvalue weighted by atomic mass is 9.88. The van der Waals surface area contributed by atoms with Gasteiger partial charge in [-0.1, -0.05) is 41.4 Å². The van der Waals surface area contributed by atoms with E-state index in [4.69, 9.17) is 23.2 Å². The van der Waals surface area contributed by atoms with Crippen LogP contribution in [0.1, 0.15) is 35.2 Å². The van der Waals surface area contributed by atoms with Gasteiger partial charge in [-0.25, -0.2) is 4.68 Å². The van der Waals surface area contributed by atoms with E-state index in [1.165, 1.54) is 0 Å². The Balaban J connectivity index is 1.27. The van der Waals surface area contributed by atoms with Gasteiger partial charge in [0, 0.05) is 37.2 Å². The number of likely N-dealkylation sites (tertiary alicyclic amines) is 1. The van der Waals surface area contributed by atoms with Crippen molar-refractivity contribution in [3.63, 3.8) is 0 Å². The molecule has 3 aromatic rings. The van der Waals surface area contributed by atoms with Crippen molar-refractivity contribution in [1.29, 1.82) is 0 Å². The summed E-state index contributed by atoms with van der Waals surface area (Å²) in [6.45, 7) is 1.19. The average Bonchev–Trinajstić information content (AvgIpc) is 3.29. The number of halogens is 2. The summed E-state index contributed by atoms with van der Waals surface area (Å²) < 4.78 is 1.82. The van der Waals surface area contributed by atoms with E-state index in [0.29, 0.717) is 54.4 Å². The van der Waals surface area contributed by atoms with E-state index in [9.17, 15) is 9.59 Å². The van der Waals surface area contributed by atoms with Gasteiger partial charge < -0.3 is 4.90 Å². The van der Waals surface area contributed by atoms with Crippen molar-refractivity contribution < 1.29 is 9.59 Å². The predicted molar refractivity (Wildman–Crippen MR) is 122 cm³/mol. The second-order valence-corrected chi connectivity index (χ2v) is 8.59. The summed E-state index contributed by atoms with van der Waals surface area (Å²) in [5.74, 6) is 0.0947. The van der Waals surface area contributed by atoms with Crippen LogP contribution in [-0.4, -0.2) is 39.5 Å². The van der Waals surface area contributed by atoms with Crippen molar-refractivity contribution in [2.75, 3.05) is 13.1 Å². The molecule has 1 saturated heterocycles. The molecule has 5 nitrogen and oxygen atoms in total. The van der Waals surface area contributed by atoms with Crippen molar-refractivity contribution >= 4 is 34.9 Å². The second kappa shape index (κ2) is 9.67. The van der Waals surface area contributed by atoms with Gasteiger partial charge in [-0.2, -0.15) is 5.10 Å². The number of piperidine rings is 1. The van der Waals surface area contributed by atoms with E-state index in [1.54, 1.807) is 18.2 Å². The van der Waals surface area contributed by atoms with Gasteiger partial charge in [0.2, 0.25) is 5.91 Å². The minimum atomic E-state index is -0.0922. The molecule has 1 fully saturated rings. The molecule has 0 bridgehead atoms. The van der Waals surface area contributed by atoms with Crippen LogP contribution in [0.5, 0.6) is 0 Å². The zero-order valence-corrected chi connectivity index (χ0v) is 18.5. The molecule has 1 aliphatic heterocycles. The maximum atomic E-state index is 12.8. The third kappa shape index (κ3) is 5.17. The zero-order chi connectivity index (χ0) is 21.8. The fraction of sp³-hybridized carbons (Fsp3) is 0.292. The molecule has 1 amide bonds. The molecule has 0 N–H and O–H groups in total. The average molecular weight is 456 g/mol. The quantitative estimate of drug-likeness (QED) is 0.477. The second-order valence-electron chi connectivity index (χ2n) is 7.78. The molecule has 0 atom stereocenters. The molecule has 160 valence electrons. The molecule has 0 unspecified atom stereocenters. The Bertz CT molecular complexity index is 1070. The number of benzene rings is 2. The van der Waals surface area contributed by atoms with Gasteiger partial charge in [-0.3, -0.25) is 9.59 Å². The number of ketones is 1. The predicted octanol–water partition coefficient (Wildman–Crippen LogP) is 5.23. The van der Waals surface area contributed by atoms with Crippen LogP contribution in [0.25, 0.3) is 5.69 Å². The number of hydrogen-bond acceptors (Lipinski definition) is 3. The number of hydrogen-bond donors (Lipinski definition) is 0. The van der Waals surface area contributed by atoms with Crippen molar-refractivity contribution in [1.82, 2.24) is 14.7 Å². The lowest BCUT2D eigenvalue weighted by Crippen LogP contribution is -2.40. The highest BCUT2D eigenvalue weighted by molar-refractivity contribution is 6.42. The topological polar surface area (TPSA) is 55.2 Å². The maximum absolute atomic E-state index is 12.8. The molecule has 1 aromatic heterocycles. The van der Waals surface area contributed by atoms with E-state index >= 15 is 0 Å². The molecule has 2 aromatic carbocycles. The summed E-state index contributed by atoms with van der Waals surface area (Å²) in [7, 11) is 0. The number of rotatable bonds is 6. The molecule has 0 radical (unpaired) electrons. The van der Waals surface area contributed by atoms with Crippen LogP contribution >= 0.6 is 23.2 Å². The summed E-state index contributed by atoms with van der Waals surface area (Å²) >= 11 is 12.0. The van der Waals surface area contributed by atoms with Crippen LogP contribution < -0.4 is 0 Å². The number of carbonyl (C=O) groups is 2. The molecule has 2 heterocycles. The Hall–Kier alpha value is -2.63. The van der Waals surface area contributed by atoms with Gasteiger partial charge in [0.1, 0.15) is 0 Å². The van der Waals surface area contributed by atoms with Crippen LogP contribution in [0.4, 0.5) is 0 Å². The number of aryl methyl sites for hydroxylation is 1. The number of amides is 1. The van der Waals surface area contributed by atoms with Gasteiger partial charge in [-0.15, -0.1) is 0 Å². The number of para-hydroxylation sites is 1. The van der Waals surface area contributed by atoms with Crippen molar-refractivity contribution in [2.45, 2.75) is 25.7 Å². The summed E-state index contributed by atoms with van der Waals surface area (Å²) in [6, 6.07) is 14.9. The monoisotopic (exact) mass is 455 g/mol. The minimum absolute atomic E-state index is 0.0685. The first-order valence-electron chi connectivity index (χ1n) is 10.4. The highest BCUT2D eigenvalue weighted by atomic mass is 35.5. The smallest absolute Gasteiger partial charge is 0.222 e. The van der Waals surface area contributed by atoms with Crippen molar-refractivity contribution in [2.24, 2.45) is 5.92 Å². The third-order valence-corrected chi connectivity index (χ3v) is 6.45. The molecule has 1 aliphatic rings. The van der Waals surface area contributed by atoms with Gasteiger partial charge in [0.15, 0.2) is 5.78 Å². The van der Waals surface area contributed by atoms with E-state index in [1.807, 2.05) is 52.3 Å². The van der Waals surface area contributed by atoms with Gasteiger partial charge >= 0.3 is 0 Å². The third-order valence-electron chi connectivity index (χ3n) is 5.71. The lowest BCUT2D eigenvalue weighted by Gasteiger charge is -2.31. The fourth-order valence-electron chi connectivity index (χ4n) is 3.90. The van der Waals surface area contributed by atoms with Crippen molar-refractivity contribution in [3.8, 4) is 5.69 Å². The van der Waals surface area contributed by atoms with Crippen LogP contribution in [0, 0.1) is 5.92 Å². The number of Topliss-reactive ketones (excluding diaryl/α,β-unsaturated/α-hetero) is 1.